The van der Waals surface area contributed by atoms with E-state index in [0.29, 0.717) is 6.04 Å². The molecule has 0 aromatic heterocycles. The molecule has 2 aliphatic rings. The Bertz CT molecular complexity index is 233. The molecule has 1 aliphatic carbocycles. The number of piperidine rings is 1. The number of rotatable bonds is 4. The molecule has 1 saturated carbocycles. The summed E-state index contributed by atoms with van der Waals surface area (Å²) >= 11 is 0. The lowest BCUT2D eigenvalue weighted by molar-refractivity contribution is 0.0746. The molecule has 2 heteroatoms. The summed E-state index contributed by atoms with van der Waals surface area (Å²) in [4.78, 5) is 2.76. The van der Waals surface area contributed by atoms with E-state index in [1.165, 1.54) is 64.5 Å². The van der Waals surface area contributed by atoms with Crippen LogP contribution in [0.1, 0.15) is 65.2 Å². The fraction of sp³-hybridized carbons (Fsp3) is 1.00. The molecular weight excluding hydrogens is 220 g/mol. The molecule has 2 atom stereocenters. The smallest absolute Gasteiger partial charge is 0.00955 e. The van der Waals surface area contributed by atoms with E-state index in [1.807, 2.05) is 0 Å². The Labute approximate surface area is 113 Å². The van der Waals surface area contributed by atoms with Crippen molar-refractivity contribution in [1.29, 1.82) is 0 Å². The summed E-state index contributed by atoms with van der Waals surface area (Å²) in [6.07, 6.45) is 11.1. The van der Waals surface area contributed by atoms with Gasteiger partial charge in [0.05, 0.1) is 0 Å². The van der Waals surface area contributed by atoms with E-state index >= 15 is 0 Å². The summed E-state index contributed by atoms with van der Waals surface area (Å²) in [6.45, 7) is 7.14. The van der Waals surface area contributed by atoms with E-state index in [4.69, 9.17) is 5.73 Å². The van der Waals surface area contributed by atoms with Crippen LogP contribution in [0.3, 0.4) is 0 Å². The molecule has 0 aromatic carbocycles. The van der Waals surface area contributed by atoms with E-state index in [1.54, 1.807) is 0 Å². The fourth-order valence-corrected chi connectivity index (χ4v) is 4.05. The van der Waals surface area contributed by atoms with Gasteiger partial charge in [-0.3, -0.25) is 4.90 Å². The van der Waals surface area contributed by atoms with E-state index in [-0.39, 0.29) is 0 Å². The van der Waals surface area contributed by atoms with Gasteiger partial charge in [-0.25, -0.2) is 0 Å². The summed E-state index contributed by atoms with van der Waals surface area (Å²) in [6, 6.07) is 1.34. The van der Waals surface area contributed by atoms with Gasteiger partial charge in [0, 0.05) is 18.6 Å². The van der Waals surface area contributed by atoms with Gasteiger partial charge in [0.1, 0.15) is 0 Å². The molecule has 2 fully saturated rings. The maximum Gasteiger partial charge on any atom is 0.00955 e. The minimum Gasteiger partial charge on any atom is -0.327 e. The van der Waals surface area contributed by atoms with Gasteiger partial charge >= 0.3 is 0 Å². The van der Waals surface area contributed by atoms with Gasteiger partial charge in [-0.05, 0) is 50.5 Å². The molecule has 0 bridgehead atoms. The first-order valence-electron chi connectivity index (χ1n) is 8.24. The highest BCUT2D eigenvalue weighted by molar-refractivity contribution is 4.87. The van der Waals surface area contributed by atoms with E-state index in [9.17, 15) is 0 Å². The Morgan fingerprint density at radius 2 is 1.78 bits per heavy atom. The molecule has 2 N–H and O–H groups in total. The lowest BCUT2D eigenvalue weighted by atomic mass is 9.81. The molecule has 1 heterocycles. The number of nitrogens with two attached hydrogens (primary N) is 1. The standard InChI is InChI=1S/C16H32N2/c1-3-5-13-6-8-15(9-7-13)18-11-10-16(17)14(4-2)12-18/h13-16H,3-12,17H2,1-2H3. The van der Waals surface area contributed by atoms with Gasteiger partial charge < -0.3 is 5.73 Å². The van der Waals surface area contributed by atoms with Crippen LogP contribution >= 0.6 is 0 Å². The average molecular weight is 252 g/mol. The quantitative estimate of drug-likeness (QED) is 0.831. The van der Waals surface area contributed by atoms with E-state index < -0.39 is 0 Å². The fourth-order valence-electron chi connectivity index (χ4n) is 4.05. The molecular formula is C16H32N2. The Morgan fingerprint density at radius 3 is 2.39 bits per heavy atom. The summed E-state index contributed by atoms with van der Waals surface area (Å²) in [5.74, 6) is 1.77. The molecule has 18 heavy (non-hydrogen) atoms. The van der Waals surface area contributed by atoms with Gasteiger partial charge in [-0.15, -0.1) is 0 Å². The number of nitrogens with zero attached hydrogens (tertiary/aromatic N) is 1. The van der Waals surface area contributed by atoms with Crippen molar-refractivity contribution in [2.45, 2.75) is 77.3 Å². The second-order valence-corrected chi connectivity index (χ2v) is 6.58. The second kappa shape index (κ2) is 6.91. The van der Waals surface area contributed by atoms with Crippen LogP contribution in [0.15, 0.2) is 0 Å². The number of hydrogen-bond donors (Lipinski definition) is 1. The number of likely N-dealkylation sites (tertiary alicyclic amines) is 1. The lowest BCUT2D eigenvalue weighted by Gasteiger charge is -2.43. The average Bonchev–Trinajstić information content (AvgIpc) is 2.41. The Balaban J connectivity index is 1.79. The monoisotopic (exact) mass is 252 g/mol. The van der Waals surface area contributed by atoms with Crippen molar-refractivity contribution < 1.29 is 0 Å². The third-order valence-corrected chi connectivity index (χ3v) is 5.38. The molecule has 0 radical (unpaired) electrons. The van der Waals surface area contributed by atoms with Gasteiger partial charge in [-0.1, -0.05) is 33.1 Å². The molecule has 2 nitrogen and oxygen atoms in total. The third-order valence-electron chi connectivity index (χ3n) is 5.38. The van der Waals surface area contributed by atoms with Crippen LogP contribution in [0.4, 0.5) is 0 Å². The molecule has 0 amide bonds. The normalized spacial score (nSPS) is 38.8. The van der Waals surface area contributed by atoms with Gasteiger partial charge in [0.2, 0.25) is 0 Å². The molecule has 0 spiro atoms. The van der Waals surface area contributed by atoms with Crippen molar-refractivity contribution in [1.82, 2.24) is 4.90 Å². The summed E-state index contributed by atoms with van der Waals surface area (Å²) in [7, 11) is 0. The van der Waals surface area contributed by atoms with Crippen molar-refractivity contribution in [3.8, 4) is 0 Å². The van der Waals surface area contributed by atoms with Crippen LogP contribution in [0.5, 0.6) is 0 Å². The lowest BCUT2D eigenvalue weighted by Crippen LogP contribution is -2.51. The van der Waals surface area contributed by atoms with Crippen LogP contribution in [0.2, 0.25) is 0 Å². The topological polar surface area (TPSA) is 29.3 Å². The first-order valence-corrected chi connectivity index (χ1v) is 8.24. The van der Waals surface area contributed by atoms with Crippen molar-refractivity contribution in [2.24, 2.45) is 17.6 Å². The van der Waals surface area contributed by atoms with Crippen LogP contribution in [0, 0.1) is 11.8 Å². The molecule has 2 unspecified atom stereocenters. The highest BCUT2D eigenvalue weighted by Crippen LogP contribution is 2.32. The highest BCUT2D eigenvalue weighted by atomic mass is 15.2. The van der Waals surface area contributed by atoms with E-state index in [0.717, 1.165) is 17.9 Å². The zero-order valence-corrected chi connectivity index (χ0v) is 12.4. The van der Waals surface area contributed by atoms with Crippen molar-refractivity contribution in [3.05, 3.63) is 0 Å². The molecule has 106 valence electrons. The first kappa shape index (κ1) is 14.3. The zero-order chi connectivity index (χ0) is 13.0. The molecule has 1 saturated heterocycles. The largest absolute Gasteiger partial charge is 0.327 e. The Kier molecular flexibility index (Phi) is 5.50. The summed E-state index contributed by atoms with van der Waals surface area (Å²) < 4.78 is 0. The van der Waals surface area contributed by atoms with Crippen molar-refractivity contribution >= 4 is 0 Å². The third kappa shape index (κ3) is 3.48. The Hall–Kier alpha value is -0.0800. The summed E-state index contributed by atoms with van der Waals surface area (Å²) in [5.41, 5.74) is 6.22. The maximum atomic E-state index is 6.22. The Morgan fingerprint density at radius 1 is 1.06 bits per heavy atom. The minimum absolute atomic E-state index is 0.461. The second-order valence-electron chi connectivity index (χ2n) is 6.58. The summed E-state index contributed by atoms with van der Waals surface area (Å²) in [5, 5.41) is 0. The zero-order valence-electron chi connectivity index (χ0n) is 12.4. The van der Waals surface area contributed by atoms with Crippen LogP contribution in [-0.2, 0) is 0 Å². The predicted octanol–water partition coefficient (Wildman–Crippen LogP) is 3.40. The maximum absolute atomic E-state index is 6.22. The number of hydrogen-bond acceptors (Lipinski definition) is 2. The van der Waals surface area contributed by atoms with Gasteiger partial charge in [0.25, 0.3) is 0 Å². The molecule has 2 rings (SSSR count). The minimum atomic E-state index is 0.461. The molecule has 1 aliphatic heterocycles. The SMILES string of the molecule is CCCC1CCC(N2CCC(N)C(CC)C2)CC1. The van der Waals surface area contributed by atoms with Crippen LogP contribution in [0.25, 0.3) is 0 Å². The van der Waals surface area contributed by atoms with Crippen LogP contribution < -0.4 is 5.73 Å². The first-order chi connectivity index (χ1) is 8.74. The van der Waals surface area contributed by atoms with Crippen molar-refractivity contribution in [3.63, 3.8) is 0 Å². The van der Waals surface area contributed by atoms with Crippen molar-refractivity contribution in [2.75, 3.05) is 13.1 Å². The highest BCUT2D eigenvalue weighted by Gasteiger charge is 2.31. The van der Waals surface area contributed by atoms with Gasteiger partial charge in [0.15, 0.2) is 0 Å². The van der Waals surface area contributed by atoms with Gasteiger partial charge in [-0.2, -0.15) is 0 Å². The molecule has 0 aromatic rings. The van der Waals surface area contributed by atoms with E-state index in [2.05, 4.69) is 18.7 Å². The van der Waals surface area contributed by atoms with Crippen LogP contribution in [-0.4, -0.2) is 30.1 Å². The predicted molar refractivity (Wildman–Crippen MR) is 78.6 cm³/mol.